The highest BCUT2D eigenvalue weighted by Gasteiger charge is 2.13. The van der Waals surface area contributed by atoms with Crippen LogP contribution in [-0.2, 0) is 22.5 Å². The second-order valence-corrected chi connectivity index (χ2v) is 4.16. The normalized spacial score (nSPS) is 10.8. The van der Waals surface area contributed by atoms with Gasteiger partial charge in [0.05, 0.1) is 17.6 Å². The van der Waals surface area contributed by atoms with E-state index in [-0.39, 0.29) is 12.5 Å². The van der Waals surface area contributed by atoms with E-state index in [1.807, 2.05) is 35.8 Å². The van der Waals surface area contributed by atoms with E-state index in [0.717, 1.165) is 29.7 Å². The van der Waals surface area contributed by atoms with Gasteiger partial charge < -0.3 is 9.30 Å². The zero-order valence-electron chi connectivity index (χ0n) is 10.8. The van der Waals surface area contributed by atoms with Gasteiger partial charge in [-0.25, -0.2) is 4.98 Å². The molecule has 0 spiro atoms. The third kappa shape index (κ3) is 2.53. The van der Waals surface area contributed by atoms with Crippen molar-refractivity contribution in [1.29, 1.82) is 0 Å². The molecule has 1 heterocycles. The van der Waals surface area contributed by atoms with Crippen LogP contribution in [0.4, 0.5) is 0 Å². The number of carbonyl (C=O) groups is 1. The van der Waals surface area contributed by atoms with Gasteiger partial charge in [-0.2, -0.15) is 0 Å². The number of ether oxygens (including phenoxy) is 1. The molecule has 0 fully saturated rings. The van der Waals surface area contributed by atoms with E-state index in [4.69, 9.17) is 4.74 Å². The minimum absolute atomic E-state index is 0.210. The molecular formula is C14H18N2O2. The number of imidazole rings is 1. The molecule has 0 unspecified atom stereocenters. The maximum atomic E-state index is 11.6. The second kappa shape index (κ2) is 5.67. The average molecular weight is 246 g/mol. The second-order valence-electron chi connectivity index (χ2n) is 4.16. The summed E-state index contributed by atoms with van der Waals surface area (Å²) in [6.07, 6.45) is 1.88. The predicted molar refractivity (Wildman–Crippen MR) is 70.4 cm³/mol. The van der Waals surface area contributed by atoms with Crippen LogP contribution in [0.15, 0.2) is 24.3 Å². The molecule has 0 saturated heterocycles. The van der Waals surface area contributed by atoms with Crippen LogP contribution in [0.5, 0.6) is 0 Å². The first kappa shape index (κ1) is 12.6. The molecule has 2 rings (SSSR count). The van der Waals surface area contributed by atoms with E-state index < -0.39 is 0 Å². The lowest BCUT2D eigenvalue weighted by molar-refractivity contribution is -0.143. The predicted octanol–water partition coefficient (Wildman–Crippen LogP) is 2.55. The zero-order valence-corrected chi connectivity index (χ0v) is 10.8. The van der Waals surface area contributed by atoms with Crippen molar-refractivity contribution in [3.05, 3.63) is 30.1 Å². The van der Waals surface area contributed by atoms with Crippen molar-refractivity contribution >= 4 is 17.0 Å². The summed E-state index contributed by atoms with van der Waals surface area (Å²) in [5.74, 6) is 0.741. The number of nitrogens with zero attached hydrogens (tertiary/aromatic N) is 2. The van der Waals surface area contributed by atoms with E-state index in [2.05, 4.69) is 11.9 Å². The fourth-order valence-corrected chi connectivity index (χ4v) is 2.05. The highest BCUT2D eigenvalue weighted by molar-refractivity contribution is 5.78. The van der Waals surface area contributed by atoms with Gasteiger partial charge in [-0.1, -0.05) is 19.1 Å². The number of hydrogen-bond acceptors (Lipinski definition) is 3. The van der Waals surface area contributed by atoms with Crippen LogP contribution < -0.4 is 0 Å². The summed E-state index contributed by atoms with van der Waals surface area (Å²) in [6.45, 7) is 4.57. The van der Waals surface area contributed by atoms with Gasteiger partial charge in [-0.15, -0.1) is 0 Å². The largest absolute Gasteiger partial charge is 0.465 e. The fourth-order valence-electron chi connectivity index (χ4n) is 2.05. The minimum Gasteiger partial charge on any atom is -0.465 e. The third-order valence-electron chi connectivity index (χ3n) is 2.80. The summed E-state index contributed by atoms with van der Waals surface area (Å²) in [7, 11) is 0. The van der Waals surface area contributed by atoms with E-state index in [9.17, 15) is 4.79 Å². The maximum absolute atomic E-state index is 11.6. The van der Waals surface area contributed by atoms with Crippen LogP contribution in [0.25, 0.3) is 11.0 Å². The minimum atomic E-state index is -0.210. The van der Waals surface area contributed by atoms with E-state index in [0.29, 0.717) is 6.61 Å². The van der Waals surface area contributed by atoms with Gasteiger partial charge in [-0.3, -0.25) is 4.79 Å². The zero-order chi connectivity index (χ0) is 13.0. The molecule has 4 nitrogen and oxygen atoms in total. The van der Waals surface area contributed by atoms with Crippen molar-refractivity contribution in [1.82, 2.24) is 9.55 Å². The van der Waals surface area contributed by atoms with E-state index in [1.165, 1.54) is 0 Å². The first-order valence-electron chi connectivity index (χ1n) is 6.36. The van der Waals surface area contributed by atoms with E-state index >= 15 is 0 Å². The topological polar surface area (TPSA) is 44.1 Å². The van der Waals surface area contributed by atoms with Gasteiger partial charge in [0.25, 0.3) is 0 Å². The molecule has 0 aliphatic heterocycles. The summed E-state index contributed by atoms with van der Waals surface area (Å²) >= 11 is 0. The van der Waals surface area contributed by atoms with Gasteiger partial charge in [0, 0.05) is 6.42 Å². The highest BCUT2D eigenvalue weighted by atomic mass is 16.5. The lowest BCUT2D eigenvalue weighted by Crippen LogP contribution is -2.15. The van der Waals surface area contributed by atoms with Crippen LogP contribution in [0, 0.1) is 0 Å². The number of hydrogen-bond donors (Lipinski definition) is 0. The van der Waals surface area contributed by atoms with Crippen molar-refractivity contribution < 1.29 is 9.53 Å². The first-order chi connectivity index (χ1) is 8.76. The molecule has 0 atom stereocenters. The Hall–Kier alpha value is -1.84. The number of fused-ring (bicyclic) bond motifs is 1. The molecule has 4 heteroatoms. The molecule has 0 amide bonds. The van der Waals surface area contributed by atoms with Gasteiger partial charge in [-0.05, 0) is 25.5 Å². The molecule has 2 aromatic rings. The van der Waals surface area contributed by atoms with Crippen molar-refractivity contribution in [2.24, 2.45) is 0 Å². The van der Waals surface area contributed by atoms with Gasteiger partial charge in [0.2, 0.25) is 0 Å². The van der Waals surface area contributed by atoms with Crippen LogP contribution >= 0.6 is 0 Å². The van der Waals surface area contributed by atoms with Crippen molar-refractivity contribution in [2.75, 3.05) is 6.61 Å². The Morgan fingerprint density at radius 1 is 1.33 bits per heavy atom. The molecule has 0 aliphatic rings. The first-order valence-corrected chi connectivity index (χ1v) is 6.36. The molecular weight excluding hydrogens is 228 g/mol. The number of benzene rings is 1. The monoisotopic (exact) mass is 246 g/mol. The number of aryl methyl sites for hydroxylation is 1. The Kier molecular flexibility index (Phi) is 3.97. The Labute approximate surface area is 107 Å². The molecule has 0 saturated carbocycles. The van der Waals surface area contributed by atoms with Crippen LogP contribution in [0.1, 0.15) is 26.1 Å². The number of para-hydroxylation sites is 2. The highest BCUT2D eigenvalue weighted by Crippen LogP contribution is 2.17. The quantitative estimate of drug-likeness (QED) is 0.761. The van der Waals surface area contributed by atoms with Gasteiger partial charge in [0.15, 0.2) is 0 Å². The van der Waals surface area contributed by atoms with Gasteiger partial charge in [0.1, 0.15) is 12.4 Å². The summed E-state index contributed by atoms with van der Waals surface area (Å²) in [4.78, 5) is 16.2. The SMILES string of the molecule is CCCc1nc2ccccc2n1CC(=O)OCC. The van der Waals surface area contributed by atoms with Crippen LogP contribution in [0.3, 0.4) is 0 Å². The van der Waals surface area contributed by atoms with E-state index in [1.54, 1.807) is 0 Å². The molecule has 18 heavy (non-hydrogen) atoms. The van der Waals surface area contributed by atoms with Crippen molar-refractivity contribution in [3.63, 3.8) is 0 Å². The molecule has 1 aromatic carbocycles. The van der Waals surface area contributed by atoms with Gasteiger partial charge >= 0.3 is 5.97 Å². The van der Waals surface area contributed by atoms with Crippen molar-refractivity contribution in [3.8, 4) is 0 Å². The Bertz CT molecular complexity index is 546. The average Bonchev–Trinajstić information content (AvgIpc) is 2.69. The molecule has 0 aliphatic carbocycles. The number of esters is 1. The summed E-state index contributed by atoms with van der Waals surface area (Å²) < 4.78 is 6.96. The third-order valence-corrected chi connectivity index (χ3v) is 2.80. The molecule has 96 valence electrons. The Morgan fingerprint density at radius 3 is 2.83 bits per heavy atom. The summed E-state index contributed by atoms with van der Waals surface area (Å²) in [6, 6.07) is 7.87. The molecule has 0 bridgehead atoms. The number of carbonyl (C=O) groups excluding carboxylic acids is 1. The standard InChI is InChI=1S/C14H18N2O2/c1-3-7-13-15-11-8-5-6-9-12(11)16(13)10-14(17)18-4-2/h5-6,8-9H,3-4,7,10H2,1-2H3. The molecule has 0 radical (unpaired) electrons. The maximum Gasteiger partial charge on any atom is 0.326 e. The Balaban J connectivity index is 2.38. The number of rotatable bonds is 5. The lowest BCUT2D eigenvalue weighted by atomic mass is 10.3. The summed E-state index contributed by atoms with van der Waals surface area (Å²) in [5.41, 5.74) is 1.93. The molecule has 0 N–H and O–H groups in total. The smallest absolute Gasteiger partial charge is 0.326 e. The van der Waals surface area contributed by atoms with Crippen LogP contribution in [-0.4, -0.2) is 22.1 Å². The Morgan fingerprint density at radius 2 is 2.11 bits per heavy atom. The molecule has 1 aromatic heterocycles. The fraction of sp³-hybridized carbons (Fsp3) is 0.429. The lowest BCUT2D eigenvalue weighted by Gasteiger charge is -2.07. The van der Waals surface area contributed by atoms with Crippen molar-refractivity contribution in [2.45, 2.75) is 33.2 Å². The number of aromatic nitrogens is 2. The summed E-state index contributed by atoms with van der Waals surface area (Å²) in [5, 5.41) is 0. The van der Waals surface area contributed by atoms with Crippen LogP contribution in [0.2, 0.25) is 0 Å².